The molecule has 0 bridgehead atoms. The van der Waals surface area contributed by atoms with Crippen molar-refractivity contribution in [2.24, 2.45) is 0 Å². The lowest BCUT2D eigenvalue weighted by atomic mass is 10.1. The van der Waals surface area contributed by atoms with Crippen LogP contribution >= 0.6 is 11.8 Å². The lowest BCUT2D eigenvalue weighted by Gasteiger charge is -2.00. The average Bonchev–Trinajstić information content (AvgIpc) is 2.96. The highest BCUT2D eigenvalue weighted by Crippen LogP contribution is 2.30. The van der Waals surface area contributed by atoms with Gasteiger partial charge in [0.15, 0.2) is 0 Å². The van der Waals surface area contributed by atoms with Crippen molar-refractivity contribution in [1.29, 1.82) is 0 Å². The Morgan fingerprint density at radius 1 is 1.10 bits per heavy atom. The molecular weight excluding hydrogens is 284 g/mol. The second kappa shape index (κ2) is 6.01. The molecule has 0 saturated carbocycles. The van der Waals surface area contributed by atoms with Gasteiger partial charge in [0.2, 0.25) is 11.7 Å². The molecule has 0 aliphatic carbocycles. The molecule has 0 fully saturated rings. The van der Waals surface area contributed by atoms with Crippen molar-refractivity contribution in [1.82, 2.24) is 10.1 Å². The number of para-hydroxylation sites is 1. The molecule has 0 aliphatic heterocycles. The predicted octanol–water partition coefficient (Wildman–Crippen LogP) is 4.04. The van der Waals surface area contributed by atoms with Crippen molar-refractivity contribution in [2.45, 2.75) is 17.6 Å². The van der Waals surface area contributed by atoms with Crippen LogP contribution in [0.15, 0.2) is 57.9 Å². The van der Waals surface area contributed by atoms with Gasteiger partial charge in [0, 0.05) is 10.5 Å². The van der Waals surface area contributed by atoms with E-state index in [1.54, 1.807) is 12.1 Å². The van der Waals surface area contributed by atoms with Crippen LogP contribution in [-0.4, -0.2) is 15.2 Å². The zero-order chi connectivity index (χ0) is 14.7. The third kappa shape index (κ3) is 3.08. The quantitative estimate of drug-likeness (QED) is 0.736. The molecule has 3 aromatic rings. The fraction of sp³-hybridized carbons (Fsp3) is 0.125. The first-order valence-electron chi connectivity index (χ1n) is 6.53. The number of hydrogen-bond acceptors (Lipinski definition) is 5. The summed E-state index contributed by atoms with van der Waals surface area (Å²) in [6.07, 6.45) is 0. The maximum Gasteiger partial charge on any atom is 0.237 e. The first-order chi connectivity index (χ1) is 10.2. The van der Waals surface area contributed by atoms with Gasteiger partial charge in [-0.1, -0.05) is 41.6 Å². The summed E-state index contributed by atoms with van der Waals surface area (Å²) in [7, 11) is 0. The third-order valence-corrected chi connectivity index (χ3v) is 4.12. The molecule has 0 aliphatic rings. The summed E-state index contributed by atoms with van der Waals surface area (Å²) in [6, 6.07) is 15.1. The Bertz CT molecular complexity index is 755. The number of aryl methyl sites for hydroxylation is 1. The minimum atomic E-state index is 0.265. The maximum atomic E-state index is 9.72. The van der Waals surface area contributed by atoms with E-state index >= 15 is 0 Å². The van der Waals surface area contributed by atoms with E-state index in [2.05, 4.69) is 10.1 Å². The smallest absolute Gasteiger partial charge is 0.237 e. The van der Waals surface area contributed by atoms with E-state index in [0.717, 1.165) is 16.0 Å². The van der Waals surface area contributed by atoms with Gasteiger partial charge in [-0.3, -0.25) is 0 Å². The normalized spacial score (nSPS) is 10.7. The number of aromatic hydroxyl groups is 1. The molecule has 0 saturated heterocycles. The molecule has 4 nitrogen and oxygen atoms in total. The Hall–Kier alpha value is -2.27. The first kappa shape index (κ1) is 13.7. The Kier molecular flexibility index (Phi) is 3.92. The first-order valence-corrected chi connectivity index (χ1v) is 7.52. The minimum absolute atomic E-state index is 0.265. The molecule has 1 heterocycles. The van der Waals surface area contributed by atoms with Gasteiger partial charge in [-0.15, -0.1) is 11.8 Å². The molecule has 0 atom stereocenters. The lowest BCUT2D eigenvalue weighted by Crippen LogP contribution is -1.86. The van der Waals surface area contributed by atoms with Crippen LogP contribution in [0.1, 0.15) is 11.5 Å². The highest BCUT2D eigenvalue weighted by atomic mass is 32.2. The van der Waals surface area contributed by atoms with Crippen LogP contribution in [0.3, 0.4) is 0 Å². The summed E-state index contributed by atoms with van der Waals surface area (Å²) < 4.78 is 5.27. The summed E-state index contributed by atoms with van der Waals surface area (Å²) in [4.78, 5) is 5.21. The number of aromatic nitrogens is 2. The standard InChI is InChI=1S/C16H14N2O2S/c1-11-6-2-3-7-12(11)16-17-15(20-18-16)10-21-14-9-5-4-8-13(14)19/h2-9,19H,10H2,1H3. The van der Waals surface area contributed by atoms with Crippen molar-refractivity contribution in [3.63, 3.8) is 0 Å². The Balaban J connectivity index is 1.74. The van der Waals surface area contributed by atoms with E-state index in [1.165, 1.54) is 11.8 Å². The Morgan fingerprint density at radius 2 is 1.86 bits per heavy atom. The van der Waals surface area contributed by atoms with E-state index in [0.29, 0.717) is 17.5 Å². The number of phenolic OH excluding ortho intramolecular Hbond substituents is 1. The molecule has 0 unspecified atom stereocenters. The SMILES string of the molecule is Cc1ccccc1-c1noc(CSc2ccccc2O)n1. The lowest BCUT2D eigenvalue weighted by molar-refractivity contribution is 0.391. The zero-order valence-electron chi connectivity index (χ0n) is 11.5. The second-order valence-corrected chi connectivity index (χ2v) is 5.60. The summed E-state index contributed by atoms with van der Waals surface area (Å²) in [5.41, 5.74) is 2.08. The van der Waals surface area contributed by atoms with Crippen LogP contribution in [0.5, 0.6) is 5.75 Å². The number of thioether (sulfide) groups is 1. The van der Waals surface area contributed by atoms with Crippen molar-refractivity contribution >= 4 is 11.8 Å². The van der Waals surface area contributed by atoms with Crippen LogP contribution in [0.25, 0.3) is 11.4 Å². The number of hydrogen-bond donors (Lipinski definition) is 1. The molecule has 3 rings (SSSR count). The molecule has 1 aromatic heterocycles. The monoisotopic (exact) mass is 298 g/mol. The molecule has 0 amide bonds. The number of nitrogens with zero attached hydrogens (tertiary/aromatic N) is 2. The van der Waals surface area contributed by atoms with Gasteiger partial charge in [0.1, 0.15) is 5.75 Å². The van der Waals surface area contributed by atoms with Gasteiger partial charge >= 0.3 is 0 Å². The van der Waals surface area contributed by atoms with Gasteiger partial charge < -0.3 is 9.63 Å². The summed E-state index contributed by atoms with van der Waals surface area (Å²) in [6.45, 7) is 2.02. The van der Waals surface area contributed by atoms with E-state index in [9.17, 15) is 5.11 Å². The Labute approximate surface area is 126 Å². The van der Waals surface area contributed by atoms with Crippen LogP contribution in [0, 0.1) is 6.92 Å². The van der Waals surface area contributed by atoms with Gasteiger partial charge in [-0.05, 0) is 24.6 Å². The van der Waals surface area contributed by atoms with Crippen LogP contribution in [0.4, 0.5) is 0 Å². The highest BCUT2D eigenvalue weighted by Gasteiger charge is 2.11. The predicted molar refractivity (Wildman–Crippen MR) is 82.1 cm³/mol. The van der Waals surface area contributed by atoms with Crippen molar-refractivity contribution < 1.29 is 9.63 Å². The molecule has 2 aromatic carbocycles. The van der Waals surface area contributed by atoms with Gasteiger partial charge in [-0.25, -0.2) is 0 Å². The van der Waals surface area contributed by atoms with E-state index in [1.807, 2.05) is 43.3 Å². The van der Waals surface area contributed by atoms with Crippen molar-refractivity contribution in [3.8, 4) is 17.1 Å². The maximum absolute atomic E-state index is 9.72. The fourth-order valence-corrected chi connectivity index (χ4v) is 2.75. The highest BCUT2D eigenvalue weighted by molar-refractivity contribution is 7.98. The van der Waals surface area contributed by atoms with E-state index in [-0.39, 0.29) is 5.75 Å². The largest absolute Gasteiger partial charge is 0.507 e. The van der Waals surface area contributed by atoms with Crippen molar-refractivity contribution in [2.75, 3.05) is 0 Å². The molecule has 5 heteroatoms. The molecular formula is C16H14N2O2S. The number of benzene rings is 2. The molecule has 0 spiro atoms. The molecule has 21 heavy (non-hydrogen) atoms. The van der Waals surface area contributed by atoms with Crippen LogP contribution in [-0.2, 0) is 5.75 Å². The molecule has 0 radical (unpaired) electrons. The topological polar surface area (TPSA) is 59.2 Å². The van der Waals surface area contributed by atoms with Crippen LogP contribution in [0.2, 0.25) is 0 Å². The second-order valence-electron chi connectivity index (χ2n) is 4.58. The zero-order valence-corrected chi connectivity index (χ0v) is 12.3. The van der Waals surface area contributed by atoms with Gasteiger partial charge in [0.25, 0.3) is 0 Å². The average molecular weight is 298 g/mol. The number of phenols is 1. The third-order valence-electron chi connectivity index (χ3n) is 3.07. The fourth-order valence-electron chi connectivity index (χ4n) is 1.97. The molecule has 106 valence electrons. The summed E-state index contributed by atoms with van der Waals surface area (Å²) >= 11 is 1.47. The minimum Gasteiger partial charge on any atom is -0.507 e. The van der Waals surface area contributed by atoms with Gasteiger partial charge in [-0.2, -0.15) is 4.98 Å². The number of rotatable bonds is 4. The molecule has 1 N–H and O–H groups in total. The van der Waals surface area contributed by atoms with Crippen LogP contribution < -0.4 is 0 Å². The summed E-state index contributed by atoms with van der Waals surface area (Å²) in [5, 5.41) is 13.7. The van der Waals surface area contributed by atoms with Gasteiger partial charge in [0.05, 0.1) is 5.75 Å². The van der Waals surface area contributed by atoms with E-state index < -0.39 is 0 Å². The van der Waals surface area contributed by atoms with E-state index in [4.69, 9.17) is 4.52 Å². The summed E-state index contributed by atoms with van der Waals surface area (Å²) in [5.74, 6) is 1.93. The van der Waals surface area contributed by atoms with Crippen molar-refractivity contribution in [3.05, 3.63) is 60.0 Å². The Morgan fingerprint density at radius 3 is 2.67 bits per heavy atom.